The monoisotopic (exact) mass is 310 g/mol. The van der Waals surface area contributed by atoms with Gasteiger partial charge in [-0.1, -0.05) is 0 Å². The number of nitrogens with zero attached hydrogens (tertiary/aromatic N) is 5. The molecule has 0 aromatic carbocycles. The first-order chi connectivity index (χ1) is 10.5. The molecule has 1 aliphatic heterocycles. The van der Waals surface area contributed by atoms with Gasteiger partial charge in [-0.25, -0.2) is 4.79 Å². The lowest BCUT2D eigenvalue weighted by Crippen LogP contribution is -2.37. The number of amides is 2. The third-order valence-corrected chi connectivity index (χ3v) is 2.86. The summed E-state index contributed by atoms with van der Waals surface area (Å²) in [5.74, 6) is 0.483. The number of hydrogen-bond acceptors (Lipinski definition) is 8. The van der Waals surface area contributed by atoms with Gasteiger partial charge >= 0.3 is 12.1 Å². The van der Waals surface area contributed by atoms with Crippen LogP contribution in [0.15, 0.2) is 0 Å². The van der Waals surface area contributed by atoms with Crippen molar-refractivity contribution in [1.29, 1.82) is 0 Å². The zero-order chi connectivity index (χ0) is 16.1. The smallest absolute Gasteiger partial charge is 0.410 e. The summed E-state index contributed by atoms with van der Waals surface area (Å²) in [6, 6.07) is 0.172. The van der Waals surface area contributed by atoms with E-state index in [-0.39, 0.29) is 25.0 Å². The van der Waals surface area contributed by atoms with Crippen molar-refractivity contribution in [2.24, 2.45) is 0 Å². The maximum atomic E-state index is 11.8. The molecule has 1 fully saturated rings. The number of carbonyl (C=O) groups is 2. The van der Waals surface area contributed by atoms with E-state index in [1.165, 1.54) is 12.0 Å². The van der Waals surface area contributed by atoms with Crippen LogP contribution in [-0.2, 0) is 16.1 Å². The van der Waals surface area contributed by atoms with E-state index in [4.69, 9.17) is 9.47 Å². The minimum atomic E-state index is -0.480. The van der Waals surface area contributed by atoms with E-state index in [9.17, 15) is 9.59 Å². The number of cyclic esters (lactones) is 1. The summed E-state index contributed by atoms with van der Waals surface area (Å²) in [6.07, 6.45) is -0.480. The van der Waals surface area contributed by atoms with Gasteiger partial charge in [0.05, 0.1) is 20.2 Å². The van der Waals surface area contributed by atoms with Crippen molar-refractivity contribution in [3.05, 3.63) is 5.82 Å². The molecule has 120 valence electrons. The Hall–Kier alpha value is -2.65. The molecule has 0 unspecified atom stereocenters. The average molecular weight is 310 g/mol. The van der Waals surface area contributed by atoms with Crippen LogP contribution in [0.1, 0.15) is 5.82 Å². The van der Waals surface area contributed by atoms with E-state index in [1.54, 1.807) is 19.0 Å². The molecule has 2 amide bonds. The van der Waals surface area contributed by atoms with E-state index >= 15 is 0 Å². The van der Waals surface area contributed by atoms with Gasteiger partial charge in [-0.05, 0) is 0 Å². The van der Waals surface area contributed by atoms with E-state index < -0.39 is 6.09 Å². The lowest BCUT2D eigenvalue weighted by Gasteiger charge is -2.14. The molecular weight excluding hydrogens is 292 g/mol. The molecule has 22 heavy (non-hydrogen) atoms. The van der Waals surface area contributed by atoms with Crippen LogP contribution in [0.3, 0.4) is 0 Å². The molecule has 0 radical (unpaired) electrons. The molecular formula is C12H18N6O4. The molecule has 1 aliphatic rings. The van der Waals surface area contributed by atoms with Gasteiger partial charge < -0.3 is 19.7 Å². The SMILES string of the molecule is COc1nc(CNC(=O)CN2CCOC2=O)nc(N(C)C)n1. The molecule has 2 heterocycles. The maximum Gasteiger partial charge on any atom is 0.410 e. The second-order valence-corrected chi connectivity index (χ2v) is 4.75. The lowest BCUT2D eigenvalue weighted by atomic mass is 10.4. The molecule has 1 N–H and O–H groups in total. The second-order valence-electron chi connectivity index (χ2n) is 4.75. The quantitative estimate of drug-likeness (QED) is 0.713. The number of aromatic nitrogens is 3. The molecule has 10 heteroatoms. The lowest BCUT2D eigenvalue weighted by molar-refractivity contribution is -0.121. The van der Waals surface area contributed by atoms with E-state index in [2.05, 4.69) is 20.3 Å². The number of methoxy groups -OCH3 is 1. The molecule has 10 nitrogen and oxygen atoms in total. The van der Waals surface area contributed by atoms with Crippen molar-refractivity contribution in [1.82, 2.24) is 25.2 Å². The van der Waals surface area contributed by atoms with Gasteiger partial charge in [0.25, 0.3) is 0 Å². The van der Waals surface area contributed by atoms with Crippen LogP contribution in [0.4, 0.5) is 10.7 Å². The standard InChI is InChI=1S/C12H18N6O4/c1-17(2)10-14-8(15-11(16-10)21-3)6-13-9(19)7-18-4-5-22-12(18)20/h4-7H2,1-3H3,(H,13,19). The number of hydrogen-bond donors (Lipinski definition) is 1. The van der Waals surface area contributed by atoms with Gasteiger partial charge in [0.1, 0.15) is 13.2 Å². The van der Waals surface area contributed by atoms with Gasteiger partial charge in [-0.15, -0.1) is 0 Å². The fraction of sp³-hybridized carbons (Fsp3) is 0.583. The Morgan fingerprint density at radius 1 is 1.41 bits per heavy atom. The Kier molecular flexibility index (Phi) is 4.92. The van der Waals surface area contributed by atoms with E-state index in [0.717, 1.165) is 0 Å². The molecule has 1 aromatic rings. The molecule has 1 aromatic heterocycles. The number of ether oxygens (including phenoxy) is 2. The van der Waals surface area contributed by atoms with Crippen molar-refractivity contribution >= 4 is 17.9 Å². The Morgan fingerprint density at radius 2 is 2.18 bits per heavy atom. The van der Waals surface area contributed by atoms with Gasteiger partial charge in [-0.2, -0.15) is 15.0 Å². The third kappa shape index (κ3) is 3.93. The molecule has 0 saturated carbocycles. The van der Waals surface area contributed by atoms with Crippen molar-refractivity contribution in [2.45, 2.75) is 6.54 Å². The first-order valence-corrected chi connectivity index (χ1v) is 6.64. The van der Waals surface area contributed by atoms with Crippen molar-refractivity contribution in [3.63, 3.8) is 0 Å². The van der Waals surface area contributed by atoms with Crippen LogP contribution in [0.2, 0.25) is 0 Å². The number of carbonyl (C=O) groups excluding carboxylic acids is 2. The highest BCUT2D eigenvalue weighted by molar-refractivity contribution is 5.82. The minimum Gasteiger partial charge on any atom is -0.467 e. The molecule has 0 aliphatic carbocycles. The van der Waals surface area contributed by atoms with Gasteiger partial charge in [-0.3, -0.25) is 9.69 Å². The van der Waals surface area contributed by atoms with E-state index in [1.807, 2.05) is 0 Å². The average Bonchev–Trinajstić information content (AvgIpc) is 2.90. The Bertz CT molecular complexity index is 565. The zero-order valence-corrected chi connectivity index (χ0v) is 12.7. The molecule has 0 bridgehead atoms. The summed E-state index contributed by atoms with van der Waals surface area (Å²) >= 11 is 0. The van der Waals surface area contributed by atoms with Crippen LogP contribution in [0.25, 0.3) is 0 Å². The maximum absolute atomic E-state index is 11.8. The largest absolute Gasteiger partial charge is 0.467 e. The predicted octanol–water partition coefficient (Wildman–Crippen LogP) is -0.985. The van der Waals surface area contributed by atoms with Crippen molar-refractivity contribution in [2.75, 3.05) is 45.8 Å². The first kappa shape index (κ1) is 15.7. The van der Waals surface area contributed by atoms with Crippen molar-refractivity contribution < 1.29 is 19.1 Å². The molecule has 2 rings (SSSR count). The summed E-state index contributed by atoms with van der Waals surface area (Å²) in [7, 11) is 5.03. The first-order valence-electron chi connectivity index (χ1n) is 6.64. The summed E-state index contributed by atoms with van der Waals surface area (Å²) in [6.45, 7) is 0.780. The summed E-state index contributed by atoms with van der Waals surface area (Å²) < 4.78 is 9.76. The third-order valence-electron chi connectivity index (χ3n) is 2.86. The highest BCUT2D eigenvalue weighted by Gasteiger charge is 2.24. The summed E-state index contributed by atoms with van der Waals surface area (Å²) in [4.78, 5) is 38.4. The van der Waals surface area contributed by atoms with Gasteiger partial charge in [0.2, 0.25) is 11.9 Å². The summed E-state index contributed by atoms with van der Waals surface area (Å²) in [5.41, 5.74) is 0. The van der Waals surface area contributed by atoms with Crippen molar-refractivity contribution in [3.8, 4) is 6.01 Å². The van der Waals surface area contributed by atoms with Crippen LogP contribution in [-0.4, -0.2) is 72.8 Å². The number of rotatable bonds is 6. The second kappa shape index (κ2) is 6.87. The topological polar surface area (TPSA) is 110 Å². The van der Waals surface area contributed by atoms with Crippen LogP contribution >= 0.6 is 0 Å². The Balaban J connectivity index is 1.94. The molecule has 1 saturated heterocycles. The Labute approximate surface area is 127 Å². The normalized spacial score (nSPS) is 13.8. The van der Waals surface area contributed by atoms with Crippen LogP contribution in [0.5, 0.6) is 6.01 Å². The fourth-order valence-corrected chi connectivity index (χ4v) is 1.73. The molecule has 0 atom stereocenters. The Morgan fingerprint density at radius 3 is 2.77 bits per heavy atom. The molecule has 0 spiro atoms. The van der Waals surface area contributed by atoms with Crippen LogP contribution < -0.4 is 15.0 Å². The highest BCUT2D eigenvalue weighted by Crippen LogP contribution is 2.09. The number of anilines is 1. The minimum absolute atomic E-state index is 0.0540. The van der Waals surface area contributed by atoms with Crippen LogP contribution in [0, 0.1) is 0 Å². The zero-order valence-electron chi connectivity index (χ0n) is 12.7. The van der Waals surface area contributed by atoms with Gasteiger partial charge in [0.15, 0.2) is 5.82 Å². The summed E-state index contributed by atoms with van der Waals surface area (Å²) in [5, 5.41) is 2.65. The fourth-order valence-electron chi connectivity index (χ4n) is 1.73. The predicted molar refractivity (Wildman–Crippen MR) is 75.5 cm³/mol. The highest BCUT2D eigenvalue weighted by atomic mass is 16.6. The van der Waals surface area contributed by atoms with Gasteiger partial charge in [0, 0.05) is 14.1 Å². The number of nitrogens with one attached hydrogen (secondary N) is 1. The van der Waals surface area contributed by atoms with E-state index in [0.29, 0.717) is 24.9 Å².